The molecule has 8 heteroatoms. The third-order valence-corrected chi connectivity index (χ3v) is 5.84. The van der Waals surface area contributed by atoms with Crippen molar-refractivity contribution in [1.29, 1.82) is 5.41 Å². The van der Waals surface area contributed by atoms with Crippen molar-refractivity contribution in [3.8, 4) is 22.8 Å². The van der Waals surface area contributed by atoms with Gasteiger partial charge in [0.1, 0.15) is 34.7 Å². The smallest absolute Gasteiger partial charge is 0.135 e. The van der Waals surface area contributed by atoms with Crippen LogP contribution in [-0.4, -0.2) is 47.6 Å². The molecule has 0 bridgehead atoms. The van der Waals surface area contributed by atoms with Crippen molar-refractivity contribution < 1.29 is 14.6 Å². The van der Waals surface area contributed by atoms with Gasteiger partial charge in [-0.15, -0.1) is 11.3 Å². The van der Waals surface area contributed by atoms with Crippen molar-refractivity contribution in [3.63, 3.8) is 0 Å². The molecule has 1 aliphatic heterocycles. The molecule has 1 aliphatic rings. The summed E-state index contributed by atoms with van der Waals surface area (Å²) >= 11 is 7.36. The second-order valence-electron chi connectivity index (χ2n) is 6.66. The van der Waals surface area contributed by atoms with Crippen LogP contribution in [-0.2, 0) is 0 Å². The molecule has 4 rings (SSSR count). The topological polar surface area (TPSA) is 78.7 Å². The number of hydrogen-bond donors (Lipinski definition) is 2. The summed E-state index contributed by atoms with van der Waals surface area (Å²) in [5, 5.41) is 22.2. The molecular weight excluding hydrogens is 422 g/mol. The normalized spacial score (nSPS) is 13.8. The molecule has 30 heavy (non-hydrogen) atoms. The minimum atomic E-state index is 0.154. The number of aliphatic hydroxyl groups excluding tert-OH is 1. The zero-order chi connectivity index (χ0) is 21.1. The molecule has 0 fully saturated rings. The Balaban J connectivity index is 1.39. The molecule has 3 aromatic rings. The number of thiazole rings is 1. The fraction of sp³-hybridized carbons (Fsp3) is 0.182. The van der Waals surface area contributed by atoms with Gasteiger partial charge < -0.3 is 19.5 Å². The van der Waals surface area contributed by atoms with Gasteiger partial charge in [0.25, 0.3) is 0 Å². The standard InChI is InChI=1S/C22H20ClN3O3S/c1-28-16-6-8-17(9-7-16)29-11-10-26-12-19(27)20(21(26)24)22-25-18(13-30-22)14-2-4-15(23)5-3-14/h2-9,13,24,27H,10-12H2,1H3. The van der Waals surface area contributed by atoms with E-state index in [1.165, 1.54) is 11.3 Å². The number of benzene rings is 2. The average Bonchev–Trinajstić information content (AvgIpc) is 3.33. The van der Waals surface area contributed by atoms with E-state index in [0.29, 0.717) is 28.8 Å². The third kappa shape index (κ3) is 4.27. The minimum Gasteiger partial charge on any atom is -0.510 e. The van der Waals surface area contributed by atoms with E-state index in [-0.39, 0.29) is 18.1 Å². The highest BCUT2D eigenvalue weighted by atomic mass is 35.5. The van der Waals surface area contributed by atoms with Crippen molar-refractivity contribution in [1.82, 2.24) is 9.88 Å². The van der Waals surface area contributed by atoms with Gasteiger partial charge in [0.05, 0.1) is 31.5 Å². The van der Waals surface area contributed by atoms with Crippen LogP contribution >= 0.6 is 22.9 Å². The maximum Gasteiger partial charge on any atom is 0.135 e. The van der Waals surface area contributed by atoms with E-state index >= 15 is 0 Å². The lowest BCUT2D eigenvalue weighted by Crippen LogP contribution is -2.31. The molecule has 6 nitrogen and oxygen atoms in total. The van der Waals surface area contributed by atoms with Crippen molar-refractivity contribution in [2.75, 3.05) is 26.8 Å². The molecule has 0 spiro atoms. The molecule has 0 saturated carbocycles. The Bertz CT molecular complexity index is 1080. The summed E-state index contributed by atoms with van der Waals surface area (Å²) in [7, 11) is 1.62. The summed E-state index contributed by atoms with van der Waals surface area (Å²) in [5.74, 6) is 1.90. The second kappa shape index (κ2) is 8.77. The molecule has 1 aromatic heterocycles. The van der Waals surface area contributed by atoms with E-state index in [1.807, 2.05) is 53.9 Å². The van der Waals surface area contributed by atoms with Crippen molar-refractivity contribution in [2.24, 2.45) is 0 Å². The van der Waals surface area contributed by atoms with Crippen molar-refractivity contribution >= 4 is 34.3 Å². The van der Waals surface area contributed by atoms with Gasteiger partial charge in [-0.25, -0.2) is 4.98 Å². The highest BCUT2D eigenvalue weighted by molar-refractivity contribution is 7.11. The fourth-order valence-corrected chi connectivity index (χ4v) is 4.16. The predicted octanol–water partition coefficient (Wildman–Crippen LogP) is 5.11. The molecule has 2 aromatic carbocycles. The number of methoxy groups -OCH3 is 1. The molecular formula is C22H20ClN3O3S. The number of nitrogens with zero attached hydrogens (tertiary/aromatic N) is 2. The molecule has 0 aliphatic carbocycles. The van der Waals surface area contributed by atoms with E-state index in [9.17, 15) is 5.11 Å². The highest BCUT2D eigenvalue weighted by Gasteiger charge is 2.30. The summed E-state index contributed by atoms with van der Waals surface area (Å²) in [6.07, 6.45) is 0. The molecule has 0 radical (unpaired) electrons. The van der Waals surface area contributed by atoms with Gasteiger partial charge in [0.2, 0.25) is 0 Å². The average molecular weight is 442 g/mol. The van der Waals surface area contributed by atoms with E-state index in [2.05, 4.69) is 4.98 Å². The van der Waals surface area contributed by atoms with Crippen LogP contribution in [0.2, 0.25) is 5.02 Å². The first kappa shape index (κ1) is 20.3. The van der Waals surface area contributed by atoms with Gasteiger partial charge in [0.15, 0.2) is 0 Å². The third-order valence-electron chi connectivity index (χ3n) is 4.73. The summed E-state index contributed by atoms with van der Waals surface area (Å²) in [6, 6.07) is 14.8. The number of halogens is 1. The second-order valence-corrected chi connectivity index (χ2v) is 7.96. The Labute approximate surface area is 183 Å². The van der Waals surface area contributed by atoms with Gasteiger partial charge in [-0.2, -0.15) is 0 Å². The largest absolute Gasteiger partial charge is 0.510 e. The Morgan fingerprint density at radius 1 is 1.13 bits per heavy atom. The molecule has 0 unspecified atom stereocenters. The Morgan fingerprint density at radius 2 is 1.83 bits per heavy atom. The van der Waals surface area contributed by atoms with E-state index in [0.717, 1.165) is 22.8 Å². The van der Waals surface area contributed by atoms with Crippen LogP contribution in [0.1, 0.15) is 5.01 Å². The molecule has 154 valence electrons. The first-order valence-electron chi connectivity index (χ1n) is 9.30. The number of amidine groups is 1. The Kier molecular flexibility index (Phi) is 5.92. The van der Waals surface area contributed by atoms with Crippen LogP contribution in [0.4, 0.5) is 0 Å². The van der Waals surface area contributed by atoms with Crippen LogP contribution in [0.25, 0.3) is 16.8 Å². The first-order chi connectivity index (χ1) is 14.5. The molecule has 0 amide bonds. The lowest BCUT2D eigenvalue weighted by atomic mass is 10.2. The number of nitrogens with one attached hydrogen (secondary N) is 1. The van der Waals surface area contributed by atoms with E-state index in [4.69, 9.17) is 26.5 Å². The maximum absolute atomic E-state index is 10.5. The van der Waals surface area contributed by atoms with E-state index < -0.39 is 0 Å². The van der Waals surface area contributed by atoms with Gasteiger partial charge in [-0.3, -0.25) is 5.41 Å². The van der Waals surface area contributed by atoms with Gasteiger partial charge in [-0.1, -0.05) is 23.7 Å². The van der Waals surface area contributed by atoms with Crippen molar-refractivity contribution in [2.45, 2.75) is 0 Å². The maximum atomic E-state index is 10.5. The van der Waals surface area contributed by atoms with Crippen LogP contribution < -0.4 is 9.47 Å². The highest BCUT2D eigenvalue weighted by Crippen LogP contribution is 2.32. The molecule has 0 atom stereocenters. The minimum absolute atomic E-state index is 0.154. The quantitative estimate of drug-likeness (QED) is 0.532. The molecule has 2 N–H and O–H groups in total. The number of rotatable bonds is 7. The van der Waals surface area contributed by atoms with Gasteiger partial charge in [-0.05, 0) is 36.4 Å². The molecule has 2 heterocycles. The Morgan fingerprint density at radius 3 is 2.53 bits per heavy atom. The summed E-state index contributed by atoms with van der Waals surface area (Å²) in [5.41, 5.74) is 2.21. The Hall–Kier alpha value is -3.03. The van der Waals surface area contributed by atoms with Gasteiger partial charge in [0, 0.05) is 16.0 Å². The number of hydrogen-bond acceptors (Lipinski definition) is 6. The summed E-state index contributed by atoms with van der Waals surface area (Å²) < 4.78 is 10.9. The lowest BCUT2D eigenvalue weighted by molar-refractivity contribution is 0.265. The SMILES string of the molecule is COc1ccc(OCCN2CC(O)=C(c3nc(-c4ccc(Cl)cc4)cs3)C2=N)cc1. The predicted molar refractivity (Wildman–Crippen MR) is 120 cm³/mol. The van der Waals surface area contributed by atoms with Gasteiger partial charge >= 0.3 is 0 Å². The summed E-state index contributed by atoms with van der Waals surface area (Å²) in [6.45, 7) is 1.15. The molecule has 0 saturated heterocycles. The number of aliphatic hydroxyl groups is 1. The number of aromatic nitrogens is 1. The van der Waals surface area contributed by atoms with E-state index in [1.54, 1.807) is 12.0 Å². The lowest BCUT2D eigenvalue weighted by Gasteiger charge is -2.18. The van der Waals surface area contributed by atoms with Crippen molar-refractivity contribution in [3.05, 3.63) is 69.7 Å². The zero-order valence-corrected chi connectivity index (χ0v) is 17.8. The zero-order valence-electron chi connectivity index (χ0n) is 16.3. The van der Waals surface area contributed by atoms with Crippen LogP contribution in [0.5, 0.6) is 11.5 Å². The van der Waals surface area contributed by atoms with Crippen LogP contribution in [0.3, 0.4) is 0 Å². The van der Waals surface area contributed by atoms with Crippen LogP contribution in [0.15, 0.2) is 59.7 Å². The fourth-order valence-electron chi connectivity index (χ4n) is 3.14. The first-order valence-corrected chi connectivity index (χ1v) is 10.6. The monoisotopic (exact) mass is 441 g/mol. The summed E-state index contributed by atoms with van der Waals surface area (Å²) in [4.78, 5) is 6.39. The number of ether oxygens (including phenoxy) is 2. The van der Waals surface area contributed by atoms with Crippen LogP contribution in [0, 0.1) is 5.41 Å².